The number of benzene rings is 1. The molecule has 0 atom stereocenters. The van der Waals surface area contributed by atoms with E-state index < -0.39 is 0 Å². The van der Waals surface area contributed by atoms with E-state index >= 15 is 0 Å². The van der Waals surface area contributed by atoms with Crippen molar-refractivity contribution in [2.75, 3.05) is 60.7 Å². The third-order valence-corrected chi connectivity index (χ3v) is 4.70. The molecule has 0 unspecified atom stereocenters. The van der Waals surface area contributed by atoms with E-state index in [0.717, 1.165) is 17.5 Å². The highest BCUT2D eigenvalue weighted by Gasteiger charge is 2.25. The molecule has 0 saturated heterocycles. The highest BCUT2D eigenvalue weighted by atomic mass is 16.5. The zero-order valence-electron chi connectivity index (χ0n) is 17.2. The van der Waals surface area contributed by atoms with Gasteiger partial charge in [0.25, 0.3) is 0 Å². The van der Waals surface area contributed by atoms with Crippen molar-refractivity contribution < 1.29 is 28.5 Å². The summed E-state index contributed by atoms with van der Waals surface area (Å²) >= 11 is 0. The number of nitrogens with zero attached hydrogens (tertiary/aromatic N) is 2. The number of esters is 1. The fraction of sp³-hybridized carbons (Fsp3) is 0.600. The predicted octanol–water partition coefficient (Wildman–Crippen LogP) is 1.10. The van der Waals surface area contributed by atoms with Crippen LogP contribution in [0.25, 0.3) is 0 Å². The summed E-state index contributed by atoms with van der Waals surface area (Å²) in [7, 11) is 4.80. The lowest BCUT2D eigenvalue weighted by molar-refractivity contribution is -0.145. The van der Waals surface area contributed by atoms with Gasteiger partial charge in [-0.1, -0.05) is 0 Å². The van der Waals surface area contributed by atoms with Crippen molar-refractivity contribution in [3.63, 3.8) is 0 Å². The number of ether oxygens (including phenoxy) is 4. The second-order valence-electron chi connectivity index (χ2n) is 6.55. The summed E-state index contributed by atoms with van der Waals surface area (Å²) in [6.45, 7) is 4.34. The molecular weight excluding hydrogens is 364 g/mol. The van der Waals surface area contributed by atoms with Gasteiger partial charge in [-0.25, -0.2) is 0 Å². The average Bonchev–Trinajstić information content (AvgIpc) is 2.70. The molecule has 2 rings (SSSR count). The average molecular weight is 394 g/mol. The summed E-state index contributed by atoms with van der Waals surface area (Å²) in [4.78, 5) is 28.2. The Bertz CT molecular complexity index is 679. The molecule has 0 aromatic heterocycles. The maximum Gasteiger partial charge on any atom is 0.320 e. The topological polar surface area (TPSA) is 77.5 Å². The second kappa shape index (κ2) is 10.9. The van der Waals surface area contributed by atoms with Gasteiger partial charge in [0.1, 0.15) is 0 Å². The molecule has 1 amide bonds. The molecule has 0 saturated carbocycles. The Morgan fingerprint density at radius 3 is 2.36 bits per heavy atom. The summed E-state index contributed by atoms with van der Waals surface area (Å²) in [5.74, 6) is 0.980. The van der Waals surface area contributed by atoms with Gasteiger partial charge in [-0.15, -0.1) is 0 Å². The van der Waals surface area contributed by atoms with E-state index in [0.29, 0.717) is 44.3 Å². The number of carbonyl (C=O) groups is 2. The fourth-order valence-electron chi connectivity index (χ4n) is 3.21. The molecule has 0 spiro atoms. The monoisotopic (exact) mass is 394 g/mol. The van der Waals surface area contributed by atoms with Crippen molar-refractivity contribution in [1.29, 1.82) is 0 Å². The highest BCUT2D eigenvalue weighted by molar-refractivity contribution is 5.80. The van der Waals surface area contributed by atoms with Gasteiger partial charge in [-0.05, 0) is 36.6 Å². The molecule has 0 fully saturated rings. The SMILES string of the molecule is CCOC(=O)CN(CCOC)CC(=O)N1CCc2cc(OC)c(OC)cc2C1. The molecule has 1 aliphatic heterocycles. The molecule has 1 aliphatic rings. The number of hydrogen-bond donors (Lipinski definition) is 0. The van der Waals surface area contributed by atoms with Crippen molar-refractivity contribution in [3.8, 4) is 11.5 Å². The van der Waals surface area contributed by atoms with Crippen molar-refractivity contribution >= 4 is 11.9 Å². The molecule has 1 aromatic rings. The first kappa shape index (κ1) is 22.0. The van der Waals surface area contributed by atoms with Gasteiger partial charge >= 0.3 is 5.97 Å². The van der Waals surface area contributed by atoms with Crippen LogP contribution in [-0.4, -0.2) is 82.4 Å². The largest absolute Gasteiger partial charge is 0.493 e. The van der Waals surface area contributed by atoms with E-state index in [-0.39, 0.29) is 25.0 Å². The first-order valence-corrected chi connectivity index (χ1v) is 9.40. The molecule has 8 nitrogen and oxygen atoms in total. The Hall–Kier alpha value is -2.32. The van der Waals surface area contributed by atoms with Gasteiger partial charge in [0.15, 0.2) is 11.5 Å². The van der Waals surface area contributed by atoms with Gasteiger partial charge in [-0.3, -0.25) is 14.5 Å². The van der Waals surface area contributed by atoms with Crippen LogP contribution in [0.4, 0.5) is 0 Å². The van der Waals surface area contributed by atoms with Crippen LogP contribution in [0.5, 0.6) is 11.5 Å². The van der Waals surface area contributed by atoms with Crippen LogP contribution in [0.1, 0.15) is 18.1 Å². The number of hydrogen-bond acceptors (Lipinski definition) is 7. The predicted molar refractivity (Wildman–Crippen MR) is 104 cm³/mol. The van der Waals surface area contributed by atoms with Crippen LogP contribution in [0, 0.1) is 0 Å². The molecule has 0 aliphatic carbocycles. The van der Waals surface area contributed by atoms with Gasteiger partial charge in [0.2, 0.25) is 5.91 Å². The quantitative estimate of drug-likeness (QED) is 0.550. The summed E-state index contributed by atoms with van der Waals surface area (Å²) in [5.41, 5.74) is 2.20. The third kappa shape index (κ3) is 5.84. The van der Waals surface area contributed by atoms with E-state index in [1.54, 1.807) is 38.1 Å². The van der Waals surface area contributed by atoms with E-state index in [1.807, 2.05) is 12.1 Å². The maximum absolute atomic E-state index is 12.8. The van der Waals surface area contributed by atoms with Crippen LogP contribution in [0.3, 0.4) is 0 Å². The van der Waals surface area contributed by atoms with Gasteiger partial charge in [0.05, 0.1) is 40.5 Å². The van der Waals surface area contributed by atoms with E-state index in [4.69, 9.17) is 18.9 Å². The van der Waals surface area contributed by atoms with Crippen LogP contribution in [-0.2, 0) is 32.0 Å². The summed E-state index contributed by atoms with van der Waals surface area (Å²) in [5, 5.41) is 0. The minimum Gasteiger partial charge on any atom is -0.493 e. The Labute approximate surface area is 166 Å². The fourth-order valence-corrected chi connectivity index (χ4v) is 3.21. The van der Waals surface area contributed by atoms with E-state index in [1.165, 1.54) is 0 Å². The summed E-state index contributed by atoms with van der Waals surface area (Å²) < 4.78 is 20.8. The molecule has 0 N–H and O–H groups in total. The molecule has 0 bridgehead atoms. The van der Waals surface area contributed by atoms with Crippen LogP contribution < -0.4 is 9.47 Å². The highest BCUT2D eigenvalue weighted by Crippen LogP contribution is 2.33. The lowest BCUT2D eigenvalue weighted by Crippen LogP contribution is -2.45. The smallest absolute Gasteiger partial charge is 0.320 e. The van der Waals surface area contributed by atoms with Gasteiger partial charge in [-0.2, -0.15) is 0 Å². The Balaban J connectivity index is 2.04. The van der Waals surface area contributed by atoms with Crippen molar-refractivity contribution in [1.82, 2.24) is 9.80 Å². The first-order valence-electron chi connectivity index (χ1n) is 9.40. The Kier molecular flexibility index (Phi) is 8.53. The van der Waals surface area contributed by atoms with Crippen molar-refractivity contribution in [3.05, 3.63) is 23.3 Å². The molecule has 8 heteroatoms. The third-order valence-electron chi connectivity index (χ3n) is 4.70. The molecule has 1 heterocycles. The van der Waals surface area contributed by atoms with Crippen LogP contribution in [0.15, 0.2) is 12.1 Å². The lowest BCUT2D eigenvalue weighted by Gasteiger charge is -2.31. The molecule has 28 heavy (non-hydrogen) atoms. The van der Waals surface area contributed by atoms with E-state index in [2.05, 4.69) is 0 Å². The van der Waals surface area contributed by atoms with E-state index in [9.17, 15) is 9.59 Å². The van der Waals surface area contributed by atoms with Crippen molar-refractivity contribution in [2.24, 2.45) is 0 Å². The number of amides is 1. The Morgan fingerprint density at radius 1 is 1.07 bits per heavy atom. The molecule has 156 valence electrons. The minimum atomic E-state index is -0.341. The minimum absolute atomic E-state index is 0.0270. The number of rotatable bonds is 10. The zero-order chi connectivity index (χ0) is 20.5. The van der Waals surface area contributed by atoms with Gasteiger partial charge in [0, 0.05) is 26.7 Å². The normalized spacial score (nSPS) is 13.2. The number of carbonyl (C=O) groups excluding carboxylic acids is 2. The number of fused-ring (bicyclic) bond motifs is 1. The molecule has 1 aromatic carbocycles. The van der Waals surface area contributed by atoms with Crippen LogP contribution >= 0.6 is 0 Å². The second-order valence-corrected chi connectivity index (χ2v) is 6.55. The zero-order valence-corrected chi connectivity index (χ0v) is 17.2. The Morgan fingerprint density at radius 2 is 1.75 bits per heavy atom. The van der Waals surface area contributed by atoms with Gasteiger partial charge < -0.3 is 23.8 Å². The summed E-state index contributed by atoms with van der Waals surface area (Å²) in [6.07, 6.45) is 0.747. The van der Waals surface area contributed by atoms with Crippen molar-refractivity contribution in [2.45, 2.75) is 19.9 Å². The first-order chi connectivity index (χ1) is 13.5. The standard InChI is InChI=1S/C20H30N2O6/c1-5-28-20(24)14-21(8-9-25-2)13-19(23)22-7-6-15-10-17(26-3)18(27-4)11-16(15)12-22/h10-11H,5-9,12-14H2,1-4H3. The maximum atomic E-state index is 12.8. The van der Waals surface area contributed by atoms with Crippen LogP contribution in [0.2, 0.25) is 0 Å². The molecular formula is C20H30N2O6. The number of methoxy groups -OCH3 is 3. The summed E-state index contributed by atoms with van der Waals surface area (Å²) in [6, 6.07) is 3.90. The lowest BCUT2D eigenvalue weighted by atomic mass is 9.98. The molecule has 0 radical (unpaired) electrons.